The van der Waals surface area contributed by atoms with E-state index >= 15 is 0 Å². The van der Waals surface area contributed by atoms with Crippen LogP contribution < -0.4 is 0 Å². The lowest BCUT2D eigenvalue weighted by Crippen LogP contribution is -2.33. The average Bonchev–Trinajstić information content (AvgIpc) is 2.67. The van der Waals surface area contributed by atoms with E-state index in [2.05, 4.69) is 54.9 Å². The highest BCUT2D eigenvalue weighted by molar-refractivity contribution is 8.00. The Hall–Kier alpha value is -2.25. The van der Waals surface area contributed by atoms with Crippen LogP contribution in [0.25, 0.3) is 0 Å². The third-order valence-corrected chi connectivity index (χ3v) is 6.62. The van der Waals surface area contributed by atoms with Crippen molar-refractivity contribution < 1.29 is 9.90 Å². The Bertz CT molecular complexity index is 920. The van der Waals surface area contributed by atoms with Crippen molar-refractivity contribution in [2.45, 2.75) is 68.4 Å². The van der Waals surface area contributed by atoms with Crippen LogP contribution in [-0.4, -0.2) is 21.3 Å². The SMILES string of the molecule is CCCC1(CCC)CC(C#Cc2ncc(C(=O)O)cc2C)Sc2ccccc21. The van der Waals surface area contributed by atoms with Gasteiger partial charge in [0.25, 0.3) is 0 Å². The first-order valence-electron chi connectivity index (χ1n) is 9.96. The van der Waals surface area contributed by atoms with Gasteiger partial charge in [0.2, 0.25) is 0 Å². The summed E-state index contributed by atoms with van der Waals surface area (Å²) in [7, 11) is 0. The maximum Gasteiger partial charge on any atom is 0.337 e. The molecule has 0 amide bonds. The van der Waals surface area contributed by atoms with Crippen LogP contribution in [-0.2, 0) is 5.41 Å². The summed E-state index contributed by atoms with van der Waals surface area (Å²) in [6.07, 6.45) is 7.13. The van der Waals surface area contributed by atoms with Crippen molar-refractivity contribution in [1.29, 1.82) is 0 Å². The summed E-state index contributed by atoms with van der Waals surface area (Å²) in [5, 5.41) is 9.32. The lowest BCUT2D eigenvalue weighted by Gasteiger charge is -2.41. The number of hydrogen-bond acceptors (Lipinski definition) is 3. The molecular formula is C24H27NO2S. The van der Waals surface area contributed by atoms with Gasteiger partial charge in [-0.2, -0.15) is 0 Å². The Morgan fingerprint density at radius 3 is 2.64 bits per heavy atom. The number of thioether (sulfide) groups is 1. The molecule has 1 atom stereocenters. The minimum absolute atomic E-state index is 0.195. The molecule has 0 fully saturated rings. The highest BCUT2D eigenvalue weighted by atomic mass is 32.2. The van der Waals surface area contributed by atoms with Gasteiger partial charge in [0.15, 0.2) is 0 Å². The van der Waals surface area contributed by atoms with Crippen LogP contribution in [0.3, 0.4) is 0 Å². The Labute approximate surface area is 172 Å². The molecule has 1 aromatic carbocycles. The molecule has 0 bridgehead atoms. The molecule has 1 aromatic heterocycles. The third kappa shape index (κ3) is 4.25. The number of aromatic nitrogens is 1. The summed E-state index contributed by atoms with van der Waals surface area (Å²) in [5.74, 6) is 5.71. The first-order valence-corrected chi connectivity index (χ1v) is 10.8. The molecule has 28 heavy (non-hydrogen) atoms. The fourth-order valence-corrected chi connectivity index (χ4v) is 5.67. The van der Waals surface area contributed by atoms with E-state index in [9.17, 15) is 4.79 Å². The molecule has 3 rings (SSSR count). The summed E-state index contributed by atoms with van der Waals surface area (Å²) in [5.41, 5.74) is 3.36. The van der Waals surface area contributed by atoms with Crippen LogP contribution in [0.2, 0.25) is 0 Å². The number of rotatable bonds is 5. The van der Waals surface area contributed by atoms with Crippen molar-refractivity contribution in [3.8, 4) is 11.8 Å². The molecule has 4 heteroatoms. The number of aromatic carboxylic acids is 1. The van der Waals surface area contributed by atoms with Crippen molar-refractivity contribution >= 4 is 17.7 Å². The monoisotopic (exact) mass is 393 g/mol. The first kappa shape index (κ1) is 20.5. The number of carbonyl (C=O) groups is 1. The second-order valence-corrected chi connectivity index (χ2v) is 8.80. The van der Waals surface area contributed by atoms with E-state index in [4.69, 9.17) is 5.11 Å². The number of carboxylic acids is 1. The summed E-state index contributed by atoms with van der Waals surface area (Å²) < 4.78 is 0. The Morgan fingerprint density at radius 1 is 1.29 bits per heavy atom. The molecule has 146 valence electrons. The molecule has 1 unspecified atom stereocenters. The van der Waals surface area contributed by atoms with Gasteiger partial charge < -0.3 is 5.11 Å². The Morgan fingerprint density at radius 2 is 2.00 bits per heavy atom. The minimum Gasteiger partial charge on any atom is -0.478 e. The predicted octanol–water partition coefficient (Wildman–Crippen LogP) is 5.84. The highest BCUT2D eigenvalue weighted by Crippen LogP contribution is 2.50. The number of pyridine rings is 1. The van der Waals surface area contributed by atoms with Crippen LogP contribution in [0, 0.1) is 18.8 Å². The second-order valence-electron chi connectivity index (χ2n) is 7.55. The number of benzene rings is 1. The first-order chi connectivity index (χ1) is 13.5. The summed E-state index contributed by atoms with van der Waals surface area (Å²) in [4.78, 5) is 16.7. The fourth-order valence-electron chi connectivity index (χ4n) is 4.27. The van der Waals surface area contributed by atoms with Crippen molar-refractivity contribution in [2.24, 2.45) is 0 Å². The van der Waals surface area contributed by atoms with Crippen molar-refractivity contribution in [2.75, 3.05) is 0 Å². The molecule has 0 radical (unpaired) electrons. The molecule has 1 N–H and O–H groups in total. The van der Waals surface area contributed by atoms with Gasteiger partial charge in [0.1, 0.15) is 5.69 Å². The molecule has 0 aliphatic carbocycles. The predicted molar refractivity (Wildman–Crippen MR) is 115 cm³/mol. The van der Waals surface area contributed by atoms with Gasteiger partial charge in [-0.15, -0.1) is 11.8 Å². The number of nitrogens with zero attached hydrogens (tertiary/aromatic N) is 1. The summed E-state index contributed by atoms with van der Waals surface area (Å²) >= 11 is 1.85. The second kappa shape index (κ2) is 8.84. The molecule has 1 aliphatic rings. The van der Waals surface area contributed by atoms with Gasteiger partial charge in [-0.25, -0.2) is 9.78 Å². The van der Waals surface area contributed by atoms with E-state index < -0.39 is 5.97 Å². The van der Waals surface area contributed by atoms with E-state index in [0.29, 0.717) is 5.69 Å². The van der Waals surface area contributed by atoms with E-state index in [-0.39, 0.29) is 16.2 Å². The topological polar surface area (TPSA) is 50.2 Å². The number of hydrogen-bond donors (Lipinski definition) is 1. The van der Waals surface area contributed by atoms with Gasteiger partial charge in [0.05, 0.1) is 10.8 Å². The lowest BCUT2D eigenvalue weighted by molar-refractivity contribution is 0.0696. The number of carboxylic acid groups (broad SMARTS) is 1. The van der Waals surface area contributed by atoms with E-state index in [0.717, 1.165) is 24.8 Å². The van der Waals surface area contributed by atoms with Crippen LogP contribution >= 0.6 is 11.8 Å². The largest absolute Gasteiger partial charge is 0.478 e. The molecule has 3 nitrogen and oxygen atoms in total. The van der Waals surface area contributed by atoms with Crippen LogP contribution in [0.1, 0.15) is 73.1 Å². The van der Waals surface area contributed by atoms with Gasteiger partial charge >= 0.3 is 5.97 Å². The maximum atomic E-state index is 11.1. The molecule has 2 heterocycles. The fraction of sp³-hybridized carbons (Fsp3) is 0.417. The van der Waals surface area contributed by atoms with E-state index in [1.54, 1.807) is 6.07 Å². The number of aryl methyl sites for hydroxylation is 1. The summed E-state index contributed by atoms with van der Waals surface area (Å²) in [6.45, 7) is 6.39. The van der Waals surface area contributed by atoms with Crippen molar-refractivity contribution in [3.63, 3.8) is 0 Å². The highest BCUT2D eigenvalue weighted by Gasteiger charge is 2.38. The summed E-state index contributed by atoms with van der Waals surface area (Å²) in [6, 6.07) is 10.4. The van der Waals surface area contributed by atoms with Gasteiger partial charge in [-0.3, -0.25) is 0 Å². The van der Waals surface area contributed by atoms with Crippen molar-refractivity contribution in [3.05, 3.63) is 58.9 Å². The minimum atomic E-state index is -0.960. The molecule has 2 aromatic rings. The quantitative estimate of drug-likeness (QED) is 0.648. The van der Waals surface area contributed by atoms with Crippen LogP contribution in [0.4, 0.5) is 0 Å². The standard InChI is InChI=1S/C24H27NO2S/c1-4-12-24(13-5-2)15-19(28-22-9-7-6-8-20(22)24)10-11-21-17(3)14-18(16-25-21)23(26)27/h6-9,14,16,19H,4-5,12-13,15H2,1-3H3,(H,26,27). The zero-order valence-corrected chi connectivity index (χ0v) is 17.6. The normalized spacial score (nSPS) is 17.3. The molecular weight excluding hydrogens is 366 g/mol. The van der Waals surface area contributed by atoms with Gasteiger partial charge in [0, 0.05) is 11.1 Å². The molecule has 0 saturated carbocycles. The molecule has 1 aliphatic heterocycles. The smallest absolute Gasteiger partial charge is 0.337 e. The zero-order chi connectivity index (χ0) is 20.1. The van der Waals surface area contributed by atoms with Gasteiger partial charge in [-0.05, 0) is 60.8 Å². The van der Waals surface area contributed by atoms with Crippen molar-refractivity contribution in [1.82, 2.24) is 4.98 Å². The lowest BCUT2D eigenvalue weighted by atomic mass is 9.70. The van der Waals surface area contributed by atoms with E-state index in [1.807, 2.05) is 18.7 Å². The molecule has 0 saturated heterocycles. The van der Waals surface area contributed by atoms with E-state index in [1.165, 1.54) is 29.5 Å². The zero-order valence-electron chi connectivity index (χ0n) is 16.8. The number of fused-ring (bicyclic) bond motifs is 1. The van der Waals surface area contributed by atoms with Crippen LogP contribution in [0.5, 0.6) is 0 Å². The molecule has 0 spiro atoms. The average molecular weight is 394 g/mol. The maximum absolute atomic E-state index is 11.1. The Kier molecular flexibility index (Phi) is 6.46. The Balaban J connectivity index is 1.93. The van der Waals surface area contributed by atoms with Crippen LogP contribution in [0.15, 0.2) is 41.4 Å². The van der Waals surface area contributed by atoms with Gasteiger partial charge in [-0.1, -0.05) is 50.8 Å². The third-order valence-electron chi connectivity index (χ3n) is 5.44.